The Bertz CT molecular complexity index is 1180. The number of aryl methyl sites for hydroxylation is 1. The number of carbonyl (C=O) groups excluding carboxylic acids is 2. The molecule has 0 saturated carbocycles. The van der Waals surface area contributed by atoms with Gasteiger partial charge in [0.05, 0.1) is 18.0 Å². The molecule has 0 bridgehead atoms. The maximum atomic E-state index is 12.9. The summed E-state index contributed by atoms with van der Waals surface area (Å²) in [6, 6.07) is 12.6. The number of primary sulfonamides is 1. The van der Waals surface area contributed by atoms with Gasteiger partial charge in [0, 0.05) is 44.1 Å². The fourth-order valence-corrected chi connectivity index (χ4v) is 5.11. The first-order chi connectivity index (χ1) is 16.2. The summed E-state index contributed by atoms with van der Waals surface area (Å²) in [6.45, 7) is 5.69. The molecule has 9 nitrogen and oxygen atoms in total. The number of sulfonamides is 1. The molecule has 34 heavy (non-hydrogen) atoms. The molecule has 4 rings (SSSR count). The normalized spacial score (nSPS) is 16.4. The summed E-state index contributed by atoms with van der Waals surface area (Å²) in [5.41, 5.74) is 3.73. The Morgan fingerprint density at radius 2 is 1.74 bits per heavy atom. The summed E-state index contributed by atoms with van der Waals surface area (Å²) in [7, 11) is -3.74. The van der Waals surface area contributed by atoms with E-state index in [1.165, 1.54) is 6.07 Å². The van der Waals surface area contributed by atoms with Gasteiger partial charge >= 0.3 is 0 Å². The number of nitrogens with one attached hydrogen (secondary N) is 1. The second-order valence-electron chi connectivity index (χ2n) is 8.72. The molecular weight excluding hydrogens is 454 g/mol. The van der Waals surface area contributed by atoms with Crippen LogP contribution in [0.5, 0.6) is 0 Å². The van der Waals surface area contributed by atoms with Crippen molar-refractivity contribution in [2.45, 2.75) is 24.7 Å². The van der Waals surface area contributed by atoms with Crippen LogP contribution < -0.4 is 15.4 Å². The van der Waals surface area contributed by atoms with Crippen LogP contribution in [0.4, 0.5) is 11.4 Å². The molecule has 0 aliphatic carbocycles. The number of hydrogen-bond donors (Lipinski definition) is 2. The van der Waals surface area contributed by atoms with Crippen molar-refractivity contribution in [3.8, 4) is 0 Å². The van der Waals surface area contributed by atoms with Crippen molar-refractivity contribution in [3.05, 3.63) is 53.6 Å². The Balaban J connectivity index is 1.26. The number of amides is 2. The molecule has 2 heterocycles. The molecule has 2 amide bonds. The van der Waals surface area contributed by atoms with Crippen LogP contribution in [0.25, 0.3) is 0 Å². The lowest BCUT2D eigenvalue weighted by atomic mass is 10.1. The van der Waals surface area contributed by atoms with Crippen molar-refractivity contribution in [1.29, 1.82) is 0 Å². The van der Waals surface area contributed by atoms with Crippen molar-refractivity contribution in [1.82, 2.24) is 9.80 Å². The van der Waals surface area contributed by atoms with Crippen LogP contribution in [-0.4, -0.2) is 75.8 Å². The van der Waals surface area contributed by atoms with Gasteiger partial charge in [-0.1, -0.05) is 25.1 Å². The van der Waals surface area contributed by atoms with Gasteiger partial charge in [-0.2, -0.15) is 0 Å². The topological polar surface area (TPSA) is 116 Å². The van der Waals surface area contributed by atoms with Gasteiger partial charge in [0.2, 0.25) is 21.8 Å². The second kappa shape index (κ2) is 10.1. The molecule has 1 saturated heterocycles. The molecule has 10 heteroatoms. The summed E-state index contributed by atoms with van der Waals surface area (Å²) in [6.07, 6.45) is 1.53. The minimum atomic E-state index is -3.74. The highest BCUT2D eigenvalue weighted by molar-refractivity contribution is 7.89. The smallest absolute Gasteiger partial charge is 0.242 e. The number of hydrogen-bond acceptors (Lipinski definition) is 6. The highest BCUT2D eigenvalue weighted by atomic mass is 32.2. The monoisotopic (exact) mass is 485 g/mol. The quantitative estimate of drug-likeness (QED) is 0.606. The van der Waals surface area contributed by atoms with E-state index in [4.69, 9.17) is 5.14 Å². The van der Waals surface area contributed by atoms with E-state index < -0.39 is 10.0 Å². The van der Waals surface area contributed by atoms with E-state index in [-0.39, 0.29) is 23.3 Å². The summed E-state index contributed by atoms with van der Waals surface area (Å²) in [5.74, 6) is -0.0161. The number of para-hydroxylation sites is 1. The Morgan fingerprint density at radius 1 is 1.00 bits per heavy atom. The number of carbonyl (C=O) groups is 2. The van der Waals surface area contributed by atoms with Gasteiger partial charge in [-0.25, -0.2) is 13.6 Å². The molecule has 2 aliphatic heterocycles. The van der Waals surface area contributed by atoms with Crippen LogP contribution in [0.15, 0.2) is 47.4 Å². The van der Waals surface area contributed by atoms with Crippen LogP contribution in [0.1, 0.15) is 18.1 Å². The first-order valence-corrected chi connectivity index (χ1v) is 13.1. The summed E-state index contributed by atoms with van der Waals surface area (Å²) in [5, 5.41) is 8.23. The molecule has 0 aromatic heterocycles. The predicted molar refractivity (Wildman–Crippen MR) is 131 cm³/mol. The molecule has 0 radical (unpaired) electrons. The SMILES string of the molecule is CCc1ccccc1NC(=O)CN1CCN(C(=O)CN2CCc3cc(S(N)(=O)=O)ccc32)CC1. The summed E-state index contributed by atoms with van der Waals surface area (Å²) < 4.78 is 23.2. The van der Waals surface area contributed by atoms with Crippen molar-refractivity contribution in [3.63, 3.8) is 0 Å². The summed E-state index contributed by atoms with van der Waals surface area (Å²) in [4.78, 5) is 31.4. The largest absolute Gasteiger partial charge is 0.362 e. The molecule has 3 N–H and O–H groups in total. The fourth-order valence-electron chi connectivity index (χ4n) is 4.55. The van der Waals surface area contributed by atoms with E-state index in [0.29, 0.717) is 45.7 Å². The first-order valence-electron chi connectivity index (χ1n) is 11.5. The molecule has 1 fully saturated rings. The van der Waals surface area contributed by atoms with Gasteiger partial charge in [-0.3, -0.25) is 14.5 Å². The standard InChI is InChI=1S/C24H31N5O4S/c1-2-18-5-3-4-6-21(18)26-23(30)16-27-11-13-28(14-12-27)24(31)17-29-10-9-19-15-20(34(25,32)33)7-8-22(19)29/h3-8,15H,2,9-14,16-17H2,1H3,(H,26,30)(H2,25,32,33). The van der Waals surface area contributed by atoms with Gasteiger partial charge in [-0.05, 0) is 48.2 Å². The molecule has 0 atom stereocenters. The number of nitrogens with zero attached hydrogens (tertiary/aromatic N) is 3. The van der Waals surface area contributed by atoms with Gasteiger partial charge in [-0.15, -0.1) is 0 Å². The highest BCUT2D eigenvalue weighted by Crippen LogP contribution is 2.29. The van der Waals surface area contributed by atoms with Gasteiger partial charge in [0.15, 0.2) is 0 Å². The Hall–Kier alpha value is -2.95. The maximum Gasteiger partial charge on any atom is 0.242 e. The number of benzene rings is 2. The molecule has 2 aromatic carbocycles. The third-order valence-electron chi connectivity index (χ3n) is 6.46. The zero-order valence-corrected chi connectivity index (χ0v) is 20.2. The summed E-state index contributed by atoms with van der Waals surface area (Å²) >= 11 is 0. The number of fused-ring (bicyclic) bond motifs is 1. The average Bonchev–Trinajstić information content (AvgIpc) is 3.21. The van der Waals surface area contributed by atoms with Crippen molar-refractivity contribution < 1.29 is 18.0 Å². The van der Waals surface area contributed by atoms with E-state index in [1.54, 1.807) is 12.1 Å². The van der Waals surface area contributed by atoms with Crippen molar-refractivity contribution in [2.75, 3.05) is 56.0 Å². The third kappa shape index (κ3) is 5.57. The average molecular weight is 486 g/mol. The predicted octanol–water partition coefficient (Wildman–Crippen LogP) is 1.04. The Morgan fingerprint density at radius 3 is 2.44 bits per heavy atom. The minimum absolute atomic E-state index is 0.0318. The Labute approximate surface area is 200 Å². The molecular formula is C24H31N5O4S. The number of anilines is 2. The van der Waals surface area contributed by atoms with E-state index in [2.05, 4.69) is 17.1 Å². The van der Waals surface area contributed by atoms with Crippen LogP contribution in [0, 0.1) is 0 Å². The zero-order valence-electron chi connectivity index (χ0n) is 19.4. The van der Waals surface area contributed by atoms with E-state index >= 15 is 0 Å². The third-order valence-corrected chi connectivity index (χ3v) is 7.37. The van der Waals surface area contributed by atoms with E-state index in [1.807, 2.05) is 34.1 Å². The number of nitrogens with two attached hydrogens (primary N) is 1. The van der Waals surface area contributed by atoms with Crippen LogP contribution in [-0.2, 0) is 32.5 Å². The first kappa shape index (κ1) is 24.2. The van der Waals surface area contributed by atoms with Crippen molar-refractivity contribution in [2.24, 2.45) is 5.14 Å². The van der Waals surface area contributed by atoms with Crippen molar-refractivity contribution >= 4 is 33.2 Å². The zero-order chi connectivity index (χ0) is 24.3. The molecule has 0 unspecified atom stereocenters. The fraction of sp³-hybridized carbons (Fsp3) is 0.417. The number of piperazine rings is 1. The van der Waals surface area contributed by atoms with Crippen LogP contribution in [0.3, 0.4) is 0 Å². The van der Waals surface area contributed by atoms with Gasteiger partial charge < -0.3 is 15.1 Å². The molecule has 0 spiro atoms. The second-order valence-corrected chi connectivity index (χ2v) is 10.3. The lowest BCUT2D eigenvalue weighted by molar-refractivity contribution is -0.131. The van der Waals surface area contributed by atoms with E-state index in [0.717, 1.165) is 28.9 Å². The maximum absolute atomic E-state index is 12.9. The lowest BCUT2D eigenvalue weighted by Crippen LogP contribution is -2.52. The Kier molecular flexibility index (Phi) is 7.20. The lowest BCUT2D eigenvalue weighted by Gasteiger charge is -2.35. The molecule has 2 aromatic rings. The molecule has 2 aliphatic rings. The van der Waals surface area contributed by atoms with E-state index in [9.17, 15) is 18.0 Å². The van der Waals surface area contributed by atoms with Gasteiger partial charge in [0.25, 0.3) is 0 Å². The molecule has 182 valence electrons. The van der Waals surface area contributed by atoms with Crippen LogP contribution in [0.2, 0.25) is 0 Å². The highest BCUT2D eigenvalue weighted by Gasteiger charge is 2.27. The number of rotatable bonds is 7. The minimum Gasteiger partial charge on any atom is -0.362 e. The van der Waals surface area contributed by atoms with Crippen LogP contribution >= 0.6 is 0 Å². The van der Waals surface area contributed by atoms with Gasteiger partial charge in [0.1, 0.15) is 0 Å².